The van der Waals surface area contributed by atoms with E-state index in [1.165, 1.54) is 0 Å². The van der Waals surface area contributed by atoms with Crippen LogP contribution in [0.1, 0.15) is 12.8 Å². The molecule has 3 unspecified atom stereocenters. The number of rotatable bonds is 8. The summed E-state index contributed by atoms with van der Waals surface area (Å²) in [5, 5.41) is 20.5. The van der Waals surface area contributed by atoms with Crippen molar-refractivity contribution in [1.82, 2.24) is 5.32 Å². The van der Waals surface area contributed by atoms with Crippen molar-refractivity contribution >= 4 is 0 Å². The van der Waals surface area contributed by atoms with E-state index in [0.717, 1.165) is 12.8 Å². The maximum absolute atomic E-state index is 12.0. The van der Waals surface area contributed by atoms with Crippen molar-refractivity contribution in [3.63, 3.8) is 0 Å². The van der Waals surface area contributed by atoms with Gasteiger partial charge in [0.25, 0.3) is 0 Å². The summed E-state index contributed by atoms with van der Waals surface area (Å²) in [6.45, 7) is 0.398. The van der Waals surface area contributed by atoms with E-state index in [4.69, 9.17) is 14.6 Å². The van der Waals surface area contributed by atoms with Crippen LogP contribution in [0.15, 0.2) is 0 Å². The van der Waals surface area contributed by atoms with E-state index in [1.807, 2.05) is 0 Å². The molecule has 0 amide bonds. The third-order valence-electron chi connectivity index (χ3n) is 2.73. The number of hydrogen-bond acceptors (Lipinski definition) is 5. The maximum Gasteiger partial charge on any atom is 0.415 e. The molecule has 0 aromatic carbocycles. The molecule has 1 heterocycles. The molecule has 0 aromatic rings. The van der Waals surface area contributed by atoms with Crippen LogP contribution in [0.2, 0.25) is 0 Å². The van der Waals surface area contributed by atoms with Gasteiger partial charge >= 0.3 is 6.18 Å². The molecule has 0 bridgehead atoms. The van der Waals surface area contributed by atoms with Gasteiger partial charge in [0.15, 0.2) is 6.10 Å². The highest BCUT2D eigenvalue weighted by Crippen LogP contribution is 2.19. The van der Waals surface area contributed by atoms with E-state index in [0.29, 0.717) is 13.2 Å². The van der Waals surface area contributed by atoms with Crippen molar-refractivity contribution in [2.24, 2.45) is 0 Å². The molecule has 0 aromatic heterocycles. The van der Waals surface area contributed by atoms with Gasteiger partial charge in [0.2, 0.25) is 0 Å². The first-order valence-electron chi connectivity index (χ1n) is 6.22. The Morgan fingerprint density at radius 3 is 2.63 bits per heavy atom. The SMILES string of the molecule is OC(CNCC(O)C(F)(F)F)COCC1CCCO1. The Morgan fingerprint density at radius 2 is 2.05 bits per heavy atom. The van der Waals surface area contributed by atoms with Crippen molar-refractivity contribution in [1.29, 1.82) is 0 Å². The van der Waals surface area contributed by atoms with E-state index in [2.05, 4.69) is 5.32 Å². The molecule has 5 nitrogen and oxygen atoms in total. The first kappa shape index (κ1) is 16.6. The lowest BCUT2D eigenvalue weighted by atomic mass is 10.2. The van der Waals surface area contributed by atoms with Gasteiger partial charge in [-0.1, -0.05) is 0 Å². The fourth-order valence-electron chi connectivity index (χ4n) is 1.67. The lowest BCUT2D eigenvalue weighted by molar-refractivity contribution is -0.202. The molecule has 114 valence electrons. The van der Waals surface area contributed by atoms with Gasteiger partial charge < -0.3 is 25.0 Å². The highest BCUT2D eigenvalue weighted by molar-refractivity contribution is 4.70. The highest BCUT2D eigenvalue weighted by Gasteiger charge is 2.37. The van der Waals surface area contributed by atoms with Gasteiger partial charge in [-0.15, -0.1) is 0 Å². The summed E-state index contributed by atoms with van der Waals surface area (Å²) in [6, 6.07) is 0. The largest absolute Gasteiger partial charge is 0.415 e. The molecule has 3 atom stereocenters. The first-order chi connectivity index (χ1) is 8.89. The Hall–Kier alpha value is -0.410. The van der Waals surface area contributed by atoms with Gasteiger partial charge in [0.1, 0.15) is 0 Å². The fraction of sp³-hybridized carbons (Fsp3) is 1.00. The molecule has 1 aliphatic heterocycles. The number of halogens is 3. The minimum atomic E-state index is -4.64. The van der Waals surface area contributed by atoms with E-state index >= 15 is 0 Å². The fourth-order valence-corrected chi connectivity index (χ4v) is 1.67. The van der Waals surface area contributed by atoms with E-state index in [9.17, 15) is 18.3 Å². The highest BCUT2D eigenvalue weighted by atomic mass is 19.4. The Labute approximate surface area is 109 Å². The molecule has 0 saturated carbocycles. The van der Waals surface area contributed by atoms with Crippen molar-refractivity contribution in [3.8, 4) is 0 Å². The number of ether oxygens (including phenoxy) is 2. The molecule has 3 N–H and O–H groups in total. The van der Waals surface area contributed by atoms with Crippen LogP contribution in [0.25, 0.3) is 0 Å². The summed E-state index contributed by atoms with van der Waals surface area (Å²) in [5.74, 6) is 0. The van der Waals surface area contributed by atoms with Gasteiger partial charge in [-0.2, -0.15) is 13.2 Å². The van der Waals surface area contributed by atoms with Crippen LogP contribution in [0.4, 0.5) is 13.2 Å². The maximum atomic E-state index is 12.0. The van der Waals surface area contributed by atoms with Crippen LogP contribution < -0.4 is 5.32 Å². The Kier molecular flexibility index (Phi) is 7.01. The molecule has 1 rings (SSSR count). The molecule has 0 radical (unpaired) electrons. The molecule has 19 heavy (non-hydrogen) atoms. The lowest BCUT2D eigenvalue weighted by Gasteiger charge is -2.17. The van der Waals surface area contributed by atoms with Crippen molar-refractivity contribution in [2.75, 3.05) is 32.9 Å². The topological polar surface area (TPSA) is 71.0 Å². The normalized spacial score (nSPS) is 23.5. The monoisotopic (exact) mass is 287 g/mol. The number of aliphatic hydroxyl groups excluding tert-OH is 2. The van der Waals surface area contributed by atoms with Crippen molar-refractivity contribution in [2.45, 2.75) is 37.3 Å². The lowest BCUT2D eigenvalue weighted by Crippen LogP contribution is -2.41. The zero-order chi connectivity index (χ0) is 14.3. The quantitative estimate of drug-likeness (QED) is 0.589. The second-order valence-electron chi connectivity index (χ2n) is 4.54. The second kappa shape index (κ2) is 8.01. The van der Waals surface area contributed by atoms with Crippen LogP contribution in [-0.2, 0) is 9.47 Å². The molecule has 0 aliphatic carbocycles. The average molecular weight is 287 g/mol. The number of aliphatic hydroxyl groups is 2. The molecule has 0 spiro atoms. The van der Waals surface area contributed by atoms with Crippen molar-refractivity contribution < 1.29 is 32.9 Å². The molecule has 8 heteroatoms. The first-order valence-corrected chi connectivity index (χ1v) is 6.22. The molecular weight excluding hydrogens is 267 g/mol. The van der Waals surface area contributed by atoms with Gasteiger partial charge in [-0.3, -0.25) is 0 Å². The third kappa shape index (κ3) is 7.07. The number of hydrogen-bond donors (Lipinski definition) is 3. The number of nitrogens with one attached hydrogen (secondary N) is 1. The predicted molar refractivity (Wildman–Crippen MR) is 60.7 cm³/mol. The molecule has 1 saturated heterocycles. The van der Waals surface area contributed by atoms with Crippen LogP contribution in [-0.4, -0.2) is 67.6 Å². The second-order valence-corrected chi connectivity index (χ2v) is 4.54. The Balaban J connectivity index is 1.99. The zero-order valence-corrected chi connectivity index (χ0v) is 10.5. The standard InChI is InChI=1S/C11H20F3NO4/c12-11(13,14)10(17)5-15-4-8(16)6-18-7-9-2-1-3-19-9/h8-10,15-17H,1-7H2. The van der Waals surface area contributed by atoms with Crippen molar-refractivity contribution in [3.05, 3.63) is 0 Å². The molecular formula is C11H20F3NO4. The Bertz CT molecular complexity index is 247. The summed E-state index contributed by atoms with van der Waals surface area (Å²) >= 11 is 0. The van der Waals surface area contributed by atoms with Crippen LogP contribution >= 0.6 is 0 Å². The zero-order valence-electron chi connectivity index (χ0n) is 10.5. The van der Waals surface area contributed by atoms with Gasteiger partial charge in [-0.05, 0) is 12.8 Å². The van der Waals surface area contributed by atoms with Gasteiger partial charge in [-0.25, -0.2) is 0 Å². The summed E-state index contributed by atoms with van der Waals surface area (Å²) in [5.41, 5.74) is 0. The summed E-state index contributed by atoms with van der Waals surface area (Å²) in [4.78, 5) is 0. The van der Waals surface area contributed by atoms with Gasteiger partial charge in [0, 0.05) is 19.7 Å². The Morgan fingerprint density at radius 1 is 1.32 bits per heavy atom. The van der Waals surface area contributed by atoms with Gasteiger partial charge in [0.05, 0.1) is 25.4 Å². The summed E-state index contributed by atoms with van der Waals surface area (Å²) in [6.07, 6.45) is -6.02. The van der Waals surface area contributed by atoms with E-state index in [-0.39, 0.29) is 19.3 Å². The minimum absolute atomic E-state index is 0.0228. The predicted octanol–water partition coefficient (Wildman–Crippen LogP) is 0.0557. The number of alkyl halides is 3. The smallest absolute Gasteiger partial charge is 0.389 e. The van der Waals surface area contributed by atoms with Crippen LogP contribution in [0.3, 0.4) is 0 Å². The van der Waals surface area contributed by atoms with Crippen LogP contribution in [0.5, 0.6) is 0 Å². The molecule has 1 aliphatic rings. The minimum Gasteiger partial charge on any atom is -0.389 e. The van der Waals surface area contributed by atoms with Crippen LogP contribution in [0, 0.1) is 0 Å². The third-order valence-corrected chi connectivity index (χ3v) is 2.73. The molecule has 1 fully saturated rings. The average Bonchev–Trinajstić information content (AvgIpc) is 2.80. The summed E-state index contributed by atoms with van der Waals surface area (Å²) in [7, 11) is 0. The van der Waals surface area contributed by atoms with E-state index in [1.54, 1.807) is 0 Å². The summed E-state index contributed by atoms with van der Waals surface area (Å²) < 4.78 is 46.4. The van der Waals surface area contributed by atoms with E-state index < -0.39 is 24.9 Å².